The molecule has 0 unspecified atom stereocenters. The number of halogens is 1. The maximum Gasteiger partial charge on any atom is 0.254 e. The van der Waals surface area contributed by atoms with E-state index >= 15 is 0 Å². The largest absolute Gasteiger partial charge is 0.497 e. The van der Waals surface area contributed by atoms with Gasteiger partial charge in [0.1, 0.15) is 11.6 Å². The highest BCUT2D eigenvalue weighted by atomic mass is 19.1. The van der Waals surface area contributed by atoms with Crippen molar-refractivity contribution < 1.29 is 19.0 Å². The Bertz CT molecular complexity index is 917. The maximum atomic E-state index is 14.7. The van der Waals surface area contributed by atoms with Crippen LogP contribution in [0.1, 0.15) is 22.8 Å². The minimum atomic E-state index is -0.632. The van der Waals surface area contributed by atoms with E-state index in [2.05, 4.69) is 5.32 Å². The van der Waals surface area contributed by atoms with Crippen LogP contribution in [0.2, 0.25) is 0 Å². The highest BCUT2D eigenvalue weighted by Gasteiger charge is 2.18. The number of nitrogens with zero attached hydrogens (tertiary/aromatic N) is 1. The minimum Gasteiger partial charge on any atom is -0.497 e. The van der Waals surface area contributed by atoms with E-state index in [1.165, 1.54) is 12.3 Å². The Kier molecular flexibility index (Phi) is 4.61. The van der Waals surface area contributed by atoms with Crippen LogP contribution in [0.25, 0.3) is 10.8 Å². The van der Waals surface area contributed by atoms with E-state index in [0.717, 1.165) is 11.3 Å². The first-order valence-electron chi connectivity index (χ1n) is 7.96. The van der Waals surface area contributed by atoms with Gasteiger partial charge in [-0.3, -0.25) is 4.79 Å². The second-order valence-electron chi connectivity index (χ2n) is 5.68. The molecular weight excluding hydrogens is 323 g/mol. The number of rotatable bonds is 5. The Morgan fingerprint density at radius 3 is 2.56 bits per heavy atom. The number of carbonyl (C=O) groups is 1. The van der Waals surface area contributed by atoms with Crippen LogP contribution in [-0.2, 0) is 6.54 Å². The van der Waals surface area contributed by atoms with E-state index in [-0.39, 0.29) is 16.8 Å². The molecule has 2 N–H and O–H groups in total. The van der Waals surface area contributed by atoms with Gasteiger partial charge in [0.25, 0.3) is 5.91 Å². The van der Waals surface area contributed by atoms with E-state index in [0.29, 0.717) is 18.5 Å². The molecule has 5 nitrogen and oxygen atoms in total. The molecule has 0 radical (unpaired) electrons. The zero-order valence-electron chi connectivity index (χ0n) is 14.0. The number of hydrogen-bond acceptors (Lipinski definition) is 3. The number of ether oxygens (including phenoxy) is 1. The van der Waals surface area contributed by atoms with Gasteiger partial charge in [-0.1, -0.05) is 12.1 Å². The normalized spacial score (nSPS) is 10.8. The van der Waals surface area contributed by atoms with Crippen molar-refractivity contribution in [2.45, 2.75) is 13.5 Å². The third-order valence-electron chi connectivity index (χ3n) is 4.07. The van der Waals surface area contributed by atoms with Crippen LogP contribution in [0.3, 0.4) is 0 Å². The van der Waals surface area contributed by atoms with E-state index in [1.807, 2.05) is 24.3 Å². The Morgan fingerprint density at radius 2 is 1.92 bits per heavy atom. The summed E-state index contributed by atoms with van der Waals surface area (Å²) in [6, 6.07) is 10.3. The second kappa shape index (κ2) is 6.84. The van der Waals surface area contributed by atoms with Gasteiger partial charge in [0.2, 0.25) is 0 Å². The summed E-state index contributed by atoms with van der Waals surface area (Å²) < 4.78 is 21.3. The van der Waals surface area contributed by atoms with Crippen molar-refractivity contribution in [3.63, 3.8) is 0 Å². The van der Waals surface area contributed by atoms with Gasteiger partial charge in [-0.15, -0.1) is 0 Å². The van der Waals surface area contributed by atoms with Crippen molar-refractivity contribution in [1.82, 2.24) is 9.88 Å². The molecule has 0 saturated heterocycles. The predicted molar refractivity (Wildman–Crippen MR) is 93.7 cm³/mol. The first-order chi connectivity index (χ1) is 12.0. The first-order valence-corrected chi connectivity index (χ1v) is 7.96. The summed E-state index contributed by atoms with van der Waals surface area (Å²) in [7, 11) is 1.59. The van der Waals surface area contributed by atoms with Crippen molar-refractivity contribution >= 4 is 16.7 Å². The number of benzene rings is 2. The van der Waals surface area contributed by atoms with Crippen molar-refractivity contribution in [2.24, 2.45) is 0 Å². The summed E-state index contributed by atoms with van der Waals surface area (Å²) >= 11 is 0. The number of carbonyl (C=O) groups excluding carboxylic acids is 1. The molecule has 0 spiro atoms. The maximum absolute atomic E-state index is 14.7. The quantitative estimate of drug-likeness (QED) is 0.748. The first kappa shape index (κ1) is 16.8. The monoisotopic (exact) mass is 342 g/mol. The Morgan fingerprint density at radius 1 is 1.20 bits per heavy atom. The molecule has 0 aliphatic heterocycles. The Labute approximate surface area is 144 Å². The third kappa shape index (κ3) is 3.15. The number of aromatic hydroxyl groups is 1. The highest BCUT2D eigenvalue weighted by molar-refractivity contribution is 6.00. The fourth-order valence-corrected chi connectivity index (χ4v) is 2.77. The van der Waals surface area contributed by atoms with Gasteiger partial charge < -0.3 is 19.7 Å². The topological polar surface area (TPSA) is 63.5 Å². The molecule has 2 aromatic carbocycles. The molecule has 0 fully saturated rings. The van der Waals surface area contributed by atoms with Crippen molar-refractivity contribution in [3.8, 4) is 11.6 Å². The van der Waals surface area contributed by atoms with Gasteiger partial charge in [0.05, 0.1) is 19.2 Å². The smallest absolute Gasteiger partial charge is 0.254 e. The Hall–Kier alpha value is -3.02. The van der Waals surface area contributed by atoms with Gasteiger partial charge in [-0.05, 0) is 36.8 Å². The van der Waals surface area contributed by atoms with Crippen LogP contribution < -0.4 is 10.1 Å². The molecule has 1 heterocycles. The molecule has 130 valence electrons. The molecule has 0 atom stereocenters. The molecule has 3 rings (SSSR count). The second-order valence-corrected chi connectivity index (χ2v) is 5.68. The summed E-state index contributed by atoms with van der Waals surface area (Å²) in [5, 5.41) is 13.6. The predicted octanol–water partition coefficient (Wildman–Crippen LogP) is 3.29. The summed E-state index contributed by atoms with van der Waals surface area (Å²) in [6.07, 6.45) is 1.52. The lowest BCUT2D eigenvalue weighted by molar-refractivity contribution is 0.0952. The van der Waals surface area contributed by atoms with Gasteiger partial charge >= 0.3 is 0 Å². The van der Waals surface area contributed by atoms with Gasteiger partial charge in [0, 0.05) is 23.5 Å². The standard InChI is InChI=1S/C19H19FN2O3/c1-3-21-18(23)15-9-8-14-16(17(15)20)11-22(19(14)24)10-12-4-6-13(25-2)7-5-12/h4-9,11,24H,3,10H2,1-2H3,(H,21,23). The molecule has 6 heteroatoms. The number of aromatic nitrogens is 1. The molecular formula is C19H19FN2O3. The van der Waals surface area contributed by atoms with Crippen LogP contribution >= 0.6 is 0 Å². The van der Waals surface area contributed by atoms with Crippen LogP contribution in [0, 0.1) is 5.82 Å². The molecule has 25 heavy (non-hydrogen) atoms. The molecule has 1 amide bonds. The van der Waals surface area contributed by atoms with Gasteiger partial charge in [0.15, 0.2) is 5.88 Å². The van der Waals surface area contributed by atoms with Crippen LogP contribution in [0.4, 0.5) is 4.39 Å². The number of nitrogens with one attached hydrogen (secondary N) is 1. The molecule has 0 aliphatic rings. The highest BCUT2D eigenvalue weighted by Crippen LogP contribution is 2.31. The van der Waals surface area contributed by atoms with Crippen molar-refractivity contribution in [2.75, 3.05) is 13.7 Å². The van der Waals surface area contributed by atoms with E-state index < -0.39 is 11.7 Å². The average Bonchev–Trinajstić information content (AvgIpc) is 2.93. The Balaban J connectivity index is 1.98. The number of hydrogen-bond donors (Lipinski definition) is 2. The van der Waals surface area contributed by atoms with E-state index in [9.17, 15) is 14.3 Å². The number of methoxy groups -OCH3 is 1. The summed E-state index contributed by atoms with van der Waals surface area (Å²) in [4.78, 5) is 11.9. The van der Waals surface area contributed by atoms with Crippen molar-refractivity contribution in [3.05, 3.63) is 59.5 Å². The lowest BCUT2D eigenvalue weighted by Gasteiger charge is -2.06. The molecule has 1 aromatic heterocycles. The molecule has 3 aromatic rings. The summed E-state index contributed by atoms with van der Waals surface area (Å²) in [6.45, 7) is 2.56. The van der Waals surface area contributed by atoms with Gasteiger partial charge in [-0.25, -0.2) is 4.39 Å². The zero-order chi connectivity index (χ0) is 18.0. The lowest BCUT2D eigenvalue weighted by Crippen LogP contribution is -2.23. The third-order valence-corrected chi connectivity index (χ3v) is 4.07. The van der Waals surface area contributed by atoms with Crippen LogP contribution in [0.5, 0.6) is 11.6 Å². The van der Waals surface area contributed by atoms with E-state index in [1.54, 1.807) is 24.7 Å². The number of amides is 1. The summed E-state index contributed by atoms with van der Waals surface area (Å²) in [5.74, 6) is -0.396. The fourth-order valence-electron chi connectivity index (χ4n) is 2.77. The molecule has 0 aliphatic carbocycles. The van der Waals surface area contributed by atoms with Crippen LogP contribution in [0.15, 0.2) is 42.6 Å². The van der Waals surface area contributed by atoms with Crippen LogP contribution in [-0.4, -0.2) is 29.2 Å². The average molecular weight is 342 g/mol. The van der Waals surface area contributed by atoms with Crippen molar-refractivity contribution in [1.29, 1.82) is 0 Å². The van der Waals surface area contributed by atoms with E-state index in [4.69, 9.17) is 4.74 Å². The zero-order valence-corrected chi connectivity index (χ0v) is 14.0. The molecule has 0 bridgehead atoms. The van der Waals surface area contributed by atoms with Gasteiger partial charge in [-0.2, -0.15) is 0 Å². The fraction of sp³-hybridized carbons (Fsp3) is 0.211. The summed E-state index contributed by atoms with van der Waals surface area (Å²) in [5.41, 5.74) is 0.900. The lowest BCUT2D eigenvalue weighted by atomic mass is 10.1. The number of fused-ring (bicyclic) bond motifs is 1. The SMILES string of the molecule is CCNC(=O)c1ccc2c(O)n(Cc3ccc(OC)cc3)cc2c1F. The minimum absolute atomic E-state index is 0.0315. The molecule has 0 saturated carbocycles.